The predicted molar refractivity (Wildman–Crippen MR) is 199 cm³/mol. The SMILES string of the molecule is CC/C=C\C/C=C\C/C=C\C/C=C\C/C=C\CC(=O)OC(CCCCCCCC)CCCCCCCC(=O)NCC(=O)NC(CO)C(=O)O. The molecule has 2 unspecified atom stereocenters. The monoisotopic (exact) mass is 686 g/mol. The molecule has 0 aliphatic heterocycles. The lowest BCUT2D eigenvalue weighted by atomic mass is 10.0. The summed E-state index contributed by atoms with van der Waals surface area (Å²) in [5.74, 6) is -2.45. The van der Waals surface area contributed by atoms with Crippen molar-refractivity contribution in [3.63, 3.8) is 0 Å². The first-order valence-electron chi connectivity index (χ1n) is 18.7. The van der Waals surface area contributed by atoms with Gasteiger partial charge in [0.25, 0.3) is 0 Å². The molecule has 278 valence electrons. The van der Waals surface area contributed by atoms with Crippen molar-refractivity contribution in [1.29, 1.82) is 0 Å². The van der Waals surface area contributed by atoms with E-state index in [2.05, 4.69) is 73.1 Å². The van der Waals surface area contributed by atoms with Crippen LogP contribution < -0.4 is 10.6 Å². The van der Waals surface area contributed by atoms with Crippen molar-refractivity contribution in [2.24, 2.45) is 0 Å². The van der Waals surface area contributed by atoms with Gasteiger partial charge < -0.3 is 25.6 Å². The van der Waals surface area contributed by atoms with Gasteiger partial charge in [-0.15, -0.1) is 0 Å². The van der Waals surface area contributed by atoms with Gasteiger partial charge in [0.15, 0.2) is 0 Å². The minimum absolute atomic E-state index is 0.0649. The molecule has 0 saturated heterocycles. The molecule has 0 rings (SSSR count). The van der Waals surface area contributed by atoms with E-state index in [-0.39, 0.29) is 37.4 Å². The number of carbonyl (C=O) groups is 4. The number of ether oxygens (including phenoxy) is 1. The average molecular weight is 687 g/mol. The van der Waals surface area contributed by atoms with E-state index >= 15 is 0 Å². The summed E-state index contributed by atoms with van der Waals surface area (Å²) in [4.78, 5) is 47.2. The Hall–Kier alpha value is -3.46. The van der Waals surface area contributed by atoms with Gasteiger partial charge >= 0.3 is 11.9 Å². The van der Waals surface area contributed by atoms with Crippen molar-refractivity contribution < 1.29 is 34.1 Å². The van der Waals surface area contributed by atoms with E-state index in [1.807, 2.05) is 12.2 Å². The number of hydrogen-bond donors (Lipinski definition) is 4. The van der Waals surface area contributed by atoms with Crippen molar-refractivity contribution >= 4 is 23.8 Å². The quantitative estimate of drug-likeness (QED) is 0.0318. The van der Waals surface area contributed by atoms with E-state index in [1.165, 1.54) is 25.7 Å². The highest BCUT2D eigenvalue weighted by Crippen LogP contribution is 2.17. The fraction of sp³-hybridized carbons (Fsp3) is 0.650. The number of rotatable bonds is 32. The van der Waals surface area contributed by atoms with E-state index in [1.54, 1.807) is 0 Å². The Kier molecular flexibility index (Phi) is 32.0. The zero-order valence-corrected chi connectivity index (χ0v) is 30.4. The van der Waals surface area contributed by atoms with Gasteiger partial charge in [-0.3, -0.25) is 14.4 Å². The van der Waals surface area contributed by atoms with Gasteiger partial charge in [-0.1, -0.05) is 126 Å². The second-order valence-electron chi connectivity index (χ2n) is 12.3. The number of aliphatic carboxylic acids is 1. The fourth-order valence-electron chi connectivity index (χ4n) is 4.96. The van der Waals surface area contributed by atoms with Crippen LogP contribution in [0.4, 0.5) is 0 Å². The van der Waals surface area contributed by atoms with Crippen molar-refractivity contribution in [1.82, 2.24) is 10.6 Å². The van der Waals surface area contributed by atoms with Crippen LogP contribution >= 0.6 is 0 Å². The van der Waals surface area contributed by atoms with Crippen molar-refractivity contribution in [3.8, 4) is 0 Å². The zero-order valence-electron chi connectivity index (χ0n) is 30.4. The molecule has 9 heteroatoms. The van der Waals surface area contributed by atoms with Gasteiger partial charge in [-0.2, -0.15) is 0 Å². The number of aliphatic hydroxyl groups is 1. The summed E-state index contributed by atoms with van der Waals surface area (Å²) in [5, 5.41) is 22.4. The third-order valence-corrected chi connectivity index (χ3v) is 7.81. The number of carboxylic acid groups (broad SMARTS) is 1. The molecule has 0 heterocycles. The van der Waals surface area contributed by atoms with Crippen LogP contribution in [0.5, 0.6) is 0 Å². The molecule has 0 aliphatic rings. The van der Waals surface area contributed by atoms with Gasteiger partial charge in [0.2, 0.25) is 11.8 Å². The number of nitrogens with one attached hydrogen (secondary N) is 2. The number of unbranched alkanes of at least 4 members (excludes halogenated alkanes) is 9. The van der Waals surface area contributed by atoms with E-state index in [0.29, 0.717) is 6.42 Å². The van der Waals surface area contributed by atoms with E-state index < -0.39 is 24.5 Å². The number of esters is 1. The van der Waals surface area contributed by atoms with Crippen molar-refractivity contribution in [2.75, 3.05) is 13.2 Å². The Morgan fingerprint density at radius 3 is 1.63 bits per heavy atom. The molecule has 0 aliphatic carbocycles. The number of carbonyl (C=O) groups excluding carboxylic acids is 3. The Bertz CT molecular complexity index is 1020. The molecule has 49 heavy (non-hydrogen) atoms. The number of carboxylic acids is 1. The molecule has 0 radical (unpaired) electrons. The Morgan fingerprint density at radius 1 is 0.633 bits per heavy atom. The molecule has 2 amide bonds. The van der Waals surface area contributed by atoms with Crippen LogP contribution in [0.2, 0.25) is 0 Å². The maximum atomic E-state index is 12.6. The lowest BCUT2D eigenvalue weighted by molar-refractivity contribution is -0.148. The summed E-state index contributed by atoms with van der Waals surface area (Å²) in [6.07, 6.45) is 39.8. The third-order valence-electron chi connectivity index (χ3n) is 7.81. The topological polar surface area (TPSA) is 142 Å². The number of amides is 2. The highest BCUT2D eigenvalue weighted by atomic mass is 16.5. The molecule has 0 aromatic heterocycles. The van der Waals surface area contributed by atoms with Gasteiger partial charge in [0.1, 0.15) is 12.1 Å². The first-order chi connectivity index (χ1) is 23.8. The zero-order chi connectivity index (χ0) is 36.2. The molecule has 0 fully saturated rings. The lowest BCUT2D eigenvalue weighted by Gasteiger charge is -2.18. The summed E-state index contributed by atoms with van der Waals surface area (Å²) in [6.45, 7) is 3.30. The highest BCUT2D eigenvalue weighted by Gasteiger charge is 2.18. The first kappa shape index (κ1) is 45.5. The summed E-state index contributed by atoms with van der Waals surface area (Å²) in [6, 6.07) is -1.39. The maximum Gasteiger partial charge on any atom is 0.328 e. The number of allylic oxidation sites excluding steroid dienone is 9. The van der Waals surface area contributed by atoms with Crippen molar-refractivity contribution in [3.05, 3.63) is 60.8 Å². The van der Waals surface area contributed by atoms with Crippen LogP contribution in [0.3, 0.4) is 0 Å². The van der Waals surface area contributed by atoms with Gasteiger partial charge in [-0.05, 0) is 64.2 Å². The largest absolute Gasteiger partial charge is 0.480 e. The lowest BCUT2D eigenvalue weighted by Crippen LogP contribution is -2.47. The summed E-state index contributed by atoms with van der Waals surface area (Å²) in [7, 11) is 0. The number of hydrogen-bond acceptors (Lipinski definition) is 6. The van der Waals surface area contributed by atoms with Crippen LogP contribution in [0, 0.1) is 0 Å². The van der Waals surface area contributed by atoms with Crippen molar-refractivity contribution in [2.45, 2.75) is 154 Å². The van der Waals surface area contributed by atoms with Gasteiger partial charge in [0.05, 0.1) is 19.6 Å². The van der Waals surface area contributed by atoms with Crippen LogP contribution in [0.1, 0.15) is 142 Å². The molecule has 0 spiro atoms. The molecule has 4 N–H and O–H groups in total. The van der Waals surface area contributed by atoms with Crippen LogP contribution in [-0.4, -0.2) is 59.3 Å². The Labute approximate surface area is 296 Å². The molecular weight excluding hydrogens is 620 g/mol. The van der Waals surface area contributed by atoms with Gasteiger partial charge in [0, 0.05) is 6.42 Å². The predicted octanol–water partition coefficient (Wildman–Crippen LogP) is 8.20. The Balaban J connectivity index is 4.32. The molecule has 0 saturated carbocycles. The molecule has 0 aromatic carbocycles. The number of aliphatic hydroxyl groups excluding tert-OH is 1. The highest BCUT2D eigenvalue weighted by molar-refractivity contribution is 5.87. The van der Waals surface area contributed by atoms with E-state index in [4.69, 9.17) is 14.9 Å². The average Bonchev–Trinajstić information content (AvgIpc) is 3.08. The first-order valence-corrected chi connectivity index (χ1v) is 18.7. The van der Waals surface area contributed by atoms with Crippen LogP contribution in [0.15, 0.2) is 60.8 Å². The smallest absolute Gasteiger partial charge is 0.328 e. The van der Waals surface area contributed by atoms with Gasteiger partial charge in [-0.25, -0.2) is 4.79 Å². The third kappa shape index (κ3) is 31.6. The van der Waals surface area contributed by atoms with E-state index in [9.17, 15) is 19.2 Å². The summed E-state index contributed by atoms with van der Waals surface area (Å²) >= 11 is 0. The molecule has 2 atom stereocenters. The molecular formula is C40H66N2O7. The minimum Gasteiger partial charge on any atom is -0.480 e. The minimum atomic E-state index is -1.39. The standard InChI is InChI=1S/C40H66N2O7/c1-3-5-7-9-11-12-13-14-15-16-17-18-19-24-28-32-39(46)49-35(29-25-21-10-8-6-4-2)30-26-22-20-23-27-31-37(44)41-33-38(45)42-36(34-43)40(47)48/h5,7,11-12,14-15,17-18,24,28,35-36,43H,3-4,6,8-10,13,16,19-23,25-27,29-34H2,1-2H3,(H,41,44)(H,42,45)(H,47,48)/b7-5-,12-11-,15-14-,18-17-,28-24-. The van der Waals surface area contributed by atoms with Crippen LogP contribution in [-0.2, 0) is 23.9 Å². The Morgan fingerprint density at radius 2 is 1.12 bits per heavy atom. The second-order valence-corrected chi connectivity index (χ2v) is 12.3. The van der Waals surface area contributed by atoms with Crippen LogP contribution in [0.25, 0.3) is 0 Å². The molecule has 0 bridgehead atoms. The molecule has 0 aromatic rings. The fourth-order valence-corrected chi connectivity index (χ4v) is 4.96. The summed E-state index contributed by atoms with van der Waals surface area (Å²) < 4.78 is 5.89. The summed E-state index contributed by atoms with van der Waals surface area (Å²) in [5.41, 5.74) is 0. The normalized spacial score (nSPS) is 13.2. The second kappa shape index (κ2) is 34.4. The maximum absolute atomic E-state index is 12.6. The molecule has 9 nitrogen and oxygen atoms in total. The van der Waals surface area contributed by atoms with E-state index in [0.717, 1.165) is 83.5 Å².